The molecule has 0 saturated carbocycles. The predicted molar refractivity (Wildman–Crippen MR) is 62.8 cm³/mol. The van der Waals surface area contributed by atoms with Crippen LogP contribution in [-0.2, 0) is 4.84 Å². The van der Waals surface area contributed by atoms with E-state index in [2.05, 4.69) is 16.2 Å². The molecular weight excluding hydrogens is 204 g/mol. The van der Waals surface area contributed by atoms with Gasteiger partial charge < -0.3 is 10.0 Å². The van der Waals surface area contributed by atoms with E-state index in [0.29, 0.717) is 11.4 Å². The van der Waals surface area contributed by atoms with Gasteiger partial charge in [0.15, 0.2) is 0 Å². The minimum absolute atomic E-state index is 0.371. The van der Waals surface area contributed by atoms with Crippen molar-refractivity contribution in [1.82, 2.24) is 0 Å². The summed E-state index contributed by atoms with van der Waals surface area (Å²) in [7, 11) is 1.43. The van der Waals surface area contributed by atoms with Gasteiger partial charge >= 0.3 is 0 Å². The molecule has 0 aliphatic heterocycles. The molecule has 0 radical (unpaired) electrons. The number of benzene rings is 1. The number of rotatable bonds is 3. The van der Waals surface area contributed by atoms with E-state index in [4.69, 9.17) is 16.5 Å². The molecule has 82 valence electrons. The van der Waals surface area contributed by atoms with Crippen molar-refractivity contribution in [2.45, 2.75) is 6.92 Å². The van der Waals surface area contributed by atoms with Crippen LogP contribution in [0.4, 0.5) is 0 Å². The van der Waals surface area contributed by atoms with Crippen molar-refractivity contribution in [3.05, 3.63) is 35.4 Å². The second kappa shape index (κ2) is 5.56. The fourth-order valence-electron chi connectivity index (χ4n) is 1.19. The lowest BCUT2D eigenvalue weighted by Gasteiger charge is -2.04. The molecule has 0 saturated heterocycles. The average molecular weight is 216 g/mol. The Morgan fingerprint density at radius 2 is 2.00 bits per heavy atom. The topological polar surface area (TPSA) is 54.2 Å². The predicted octanol–water partition coefficient (Wildman–Crippen LogP) is 1.87. The minimum atomic E-state index is 0.371. The summed E-state index contributed by atoms with van der Waals surface area (Å²) >= 11 is 0. The number of terminal acetylenes is 1. The van der Waals surface area contributed by atoms with Gasteiger partial charge in [-0.2, -0.15) is 0 Å². The maximum atomic E-state index is 8.71. The highest BCUT2D eigenvalue weighted by atomic mass is 16.6. The summed E-state index contributed by atoms with van der Waals surface area (Å²) in [6.45, 7) is 1.63. The molecule has 0 heterocycles. The highest BCUT2D eigenvalue weighted by molar-refractivity contribution is 6.47. The Morgan fingerprint density at radius 3 is 2.44 bits per heavy atom. The van der Waals surface area contributed by atoms with Crippen molar-refractivity contribution in [1.29, 1.82) is 0 Å². The maximum Gasteiger partial charge on any atom is 0.134 e. The van der Waals surface area contributed by atoms with Crippen LogP contribution < -0.4 is 0 Å². The second-order valence-electron chi connectivity index (χ2n) is 3.03. The van der Waals surface area contributed by atoms with Gasteiger partial charge in [-0.05, 0) is 19.1 Å². The van der Waals surface area contributed by atoms with Crippen molar-refractivity contribution in [2.75, 3.05) is 7.11 Å². The second-order valence-corrected chi connectivity index (χ2v) is 3.03. The smallest absolute Gasteiger partial charge is 0.134 e. The number of nitrogens with zero attached hydrogens (tertiary/aromatic N) is 2. The molecule has 0 unspecified atom stereocenters. The molecule has 0 fully saturated rings. The first kappa shape index (κ1) is 11.8. The average Bonchev–Trinajstić information content (AvgIpc) is 2.35. The van der Waals surface area contributed by atoms with E-state index in [9.17, 15) is 0 Å². The zero-order valence-electron chi connectivity index (χ0n) is 9.14. The van der Waals surface area contributed by atoms with Crippen molar-refractivity contribution in [3.63, 3.8) is 0 Å². The first-order valence-electron chi connectivity index (χ1n) is 4.60. The lowest BCUT2D eigenvalue weighted by Crippen LogP contribution is -2.12. The summed E-state index contributed by atoms with van der Waals surface area (Å²) in [4.78, 5) is 4.69. The number of oxime groups is 2. The van der Waals surface area contributed by atoms with Gasteiger partial charge in [0.05, 0.1) is 0 Å². The van der Waals surface area contributed by atoms with Gasteiger partial charge in [0, 0.05) is 11.1 Å². The van der Waals surface area contributed by atoms with Crippen molar-refractivity contribution in [3.8, 4) is 12.3 Å². The molecule has 0 bridgehead atoms. The molecule has 0 aliphatic rings. The Morgan fingerprint density at radius 1 is 1.38 bits per heavy atom. The van der Waals surface area contributed by atoms with Crippen LogP contribution in [0.5, 0.6) is 0 Å². The molecule has 1 aromatic carbocycles. The van der Waals surface area contributed by atoms with Crippen LogP contribution in [0, 0.1) is 12.3 Å². The Kier molecular flexibility index (Phi) is 4.10. The minimum Gasteiger partial charge on any atom is -0.411 e. The standard InChI is InChI=1S/C12H12N2O2/c1-4-10-5-7-11(8-6-10)12(14-16-3)9(2)13-15/h1,5-8,15H,2-3H3. The van der Waals surface area contributed by atoms with E-state index < -0.39 is 0 Å². The van der Waals surface area contributed by atoms with Crippen molar-refractivity contribution >= 4 is 11.4 Å². The molecule has 1 N–H and O–H groups in total. The highest BCUT2D eigenvalue weighted by Gasteiger charge is 2.08. The summed E-state index contributed by atoms with van der Waals surface area (Å²) in [5, 5.41) is 15.6. The summed E-state index contributed by atoms with van der Waals surface area (Å²) in [6.07, 6.45) is 5.25. The van der Waals surface area contributed by atoms with Crippen LogP contribution in [0.25, 0.3) is 0 Å². The Bertz CT molecular complexity index is 453. The lowest BCUT2D eigenvalue weighted by molar-refractivity contribution is 0.214. The third kappa shape index (κ3) is 2.61. The molecule has 0 amide bonds. The first-order valence-corrected chi connectivity index (χ1v) is 4.60. The van der Waals surface area contributed by atoms with Crippen molar-refractivity contribution < 1.29 is 10.0 Å². The zero-order chi connectivity index (χ0) is 12.0. The van der Waals surface area contributed by atoms with Crippen LogP contribution in [0.2, 0.25) is 0 Å². The fourth-order valence-corrected chi connectivity index (χ4v) is 1.19. The van der Waals surface area contributed by atoms with Gasteiger partial charge in [-0.3, -0.25) is 0 Å². The van der Waals surface area contributed by atoms with Gasteiger partial charge in [0.2, 0.25) is 0 Å². The van der Waals surface area contributed by atoms with Gasteiger partial charge in [-0.15, -0.1) is 6.42 Å². The van der Waals surface area contributed by atoms with Gasteiger partial charge in [-0.1, -0.05) is 28.4 Å². The summed E-state index contributed by atoms with van der Waals surface area (Å²) < 4.78 is 0. The number of hydrogen-bond donors (Lipinski definition) is 1. The molecule has 1 aromatic rings. The van der Waals surface area contributed by atoms with Gasteiger partial charge in [-0.25, -0.2) is 0 Å². The molecular formula is C12H12N2O2. The van der Waals surface area contributed by atoms with E-state index in [-0.39, 0.29) is 0 Å². The quantitative estimate of drug-likeness (QED) is 0.363. The summed E-state index contributed by atoms with van der Waals surface area (Å²) in [5.41, 5.74) is 2.39. The lowest BCUT2D eigenvalue weighted by atomic mass is 10.1. The molecule has 0 aromatic heterocycles. The molecule has 16 heavy (non-hydrogen) atoms. The Hall–Kier alpha value is -2.28. The largest absolute Gasteiger partial charge is 0.411 e. The van der Waals surface area contributed by atoms with Crippen LogP contribution >= 0.6 is 0 Å². The van der Waals surface area contributed by atoms with E-state index in [1.807, 2.05) is 0 Å². The monoisotopic (exact) mass is 216 g/mol. The summed E-state index contributed by atoms with van der Waals surface area (Å²) in [6, 6.07) is 7.15. The third-order valence-corrected chi connectivity index (χ3v) is 2.00. The molecule has 0 spiro atoms. The highest BCUT2D eigenvalue weighted by Crippen LogP contribution is 2.06. The SMILES string of the molecule is C#Cc1ccc(C(=NOC)C(C)=NO)cc1. The van der Waals surface area contributed by atoms with Crippen molar-refractivity contribution in [2.24, 2.45) is 10.3 Å². The molecule has 1 rings (SSSR count). The maximum absolute atomic E-state index is 8.71. The van der Waals surface area contributed by atoms with E-state index in [1.54, 1.807) is 31.2 Å². The van der Waals surface area contributed by atoms with Gasteiger partial charge in [0.1, 0.15) is 18.5 Å². The fraction of sp³-hybridized carbons (Fsp3) is 0.167. The Labute approximate surface area is 94.2 Å². The van der Waals surface area contributed by atoms with E-state index >= 15 is 0 Å². The van der Waals surface area contributed by atoms with E-state index in [1.165, 1.54) is 7.11 Å². The third-order valence-electron chi connectivity index (χ3n) is 2.00. The summed E-state index contributed by atoms with van der Waals surface area (Å²) in [5.74, 6) is 2.52. The Balaban J connectivity index is 3.13. The normalized spacial score (nSPS) is 12.1. The molecule has 4 nitrogen and oxygen atoms in total. The van der Waals surface area contributed by atoms with Crippen LogP contribution in [-0.4, -0.2) is 23.7 Å². The molecule has 0 aliphatic carbocycles. The van der Waals surface area contributed by atoms with Gasteiger partial charge in [0.25, 0.3) is 0 Å². The zero-order valence-corrected chi connectivity index (χ0v) is 9.14. The number of hydrogen-bond acceptors (Lipinski definition) is 4. The molecule has 4 heteroatoms. The van der Waals surface area contributed by atoms with Crippen LogP contribution in [0.3, 0.4) is 0 Å². The first-order chi connectivity index (χ1) is 7.72. The van der Waals surface area contributed by atoms with Crippen LogP contribution in [0.1, 0.15) is 18.1 Å². The van der Waals surface area contributed by atoms with Crippen LogP contribution in [0.15, 0.2) is 34.6 Å². The van der Waals surface area contributed by atoms with E-state index in [0.717, 1.165) is 11.1 Å². The molecule has 0 atom stereocenters.